The van der Waals surface area contributed by atoms with Crippen molar-refractivity contribution in [1.29, 1.82) is 5.41 Å². The number of ether oxygens (including phenoxy) is 3. The second-order valence-electron chi connectivity index (χ2n) is 7.16. The third kappa shape index (κ3) is 6.03. The van der Waals surface area contributed by atoms with Gasteiger partial charge in [0.2, 0.25) is 0 Å². The van der Waals surface area contributed by atoms with Gasteiger partial charge < -0.3 is 19.6 Å². The fourth-order valence-corrected chi connectivity index (χ4v) is 4.19. The normalized spacial score (nSPS) is 20.1. The maximum Gasteiger partial charge on any atom is 0.338 e. The fraction of sp³-hybridized carbons (Fsp3) is 0.208. The van der Waals surface area contributed by atoms with Crippen LogP contribution in [0.2, 0.25) is 0 Å². The zero-order chi connectivity index (χ0) is 23.0. The topological polar surface area (TPSA) is 111 Å². The van der Waals surface area contributed by atoms with E-state index in [1.165, 1.54) is 0 Å². The molecule has 168 valence electrons. The molecule has 0 radical (unpaired) electrons. The van der Waals surface area contributed by atoms with Crippen molar-refractivity contribution in [3.63, 3.8) is 0 Å². The lowest BCUT2D eigenvalue weighted by atomic mass is 10.0. The van der Waals surface area contributed by atoms with Crippen LogP contribution < -0.4 is 0 Å². The van der Waals surface area contributed by atoms with Crippen LogP contribution in [0.25, 0.3) is 0 Å². The minimum Gasteiger partial charge on any atom is -0.459 e. The largest absolute Gasteiger partial charge is 0.459 e. The molecule has 3 aromatic rings. The van der Waals surface area contributed by atoms with E-state index in [9.17, 15) is 9.59 Å². The average molecular weight is 464 g/mol. The molecular weight excluding hydrogens is 442 g/mol. The van der Waals surface area contributed by atoms with Crippen LogP contribution in [0.5, 0.6) is 0 Å². The predicted octanol–water partition coefficient (Wildman–Crippen LogP) is 3.79. The van der Waals surface area contributed by atoms with Gasteiger partial charge in [-0.25, -0.2) is 19.6 Å². The molecule has 1 saturated heterocycles. The Balaban J connectivity index is 1.46. The van der Waals surface area contributed by atoms with Gasteiger partial charge in [-0.1, -0.05) is 36.4 Å². The maximum atomic E-state index is 12.6. The molecule has 4 rings (SSSR count). The molecule has 2 aromatic carbocycles. The van der Waals surface area contributed by atoms with Gasteiger partial charge in [0, 0.05) is 18.8 Å². The average Bonchev–Trinajstić information content (AvgIpc) is 2.86. The Morgan fingerprint density at radius 2 is 1.55 bits per heavy atom. The number of aromatic nitrogens is 2. The monoisotopic (exact) mass is 463 g/mol. The van der Waals surface area contributed by atoms with Crippen molar-refractivity contribution in [3.05, 3.63) is 90.3 Å². The second-order valence-corrected chi connectivity index (χ2v) is 8.23. The molecule has 0 bridgehead atoms. The maximum absolute atomic E-state index is 12.6. The molecule has 8 nitrogen and oxygen atoms in total. The SMILES string of the molecule is N=C1C[C@@H](COC(=O)c2ccccc2)OC(Sc2ncccn2)[C@@H]1OC(=O)c1ccccc1. The van der Waals surface area contributed by atoms with E-state index in [-0.39, 0.29) is 18.7 Å². The number of hydrogen-bond acceptors (Lipinski definition) is 9. The highest BCUT2D eigenvalue weighted by Gasteiger charge is 2.40. The number of benzene rings is 2. The molecule has 0 spiro atoms. The van der Waals surface area contributed by atoms with Gasteiger partial charge in [-0.2, -0.15) is 0 Å². The molecular formula is C24H21N3O5S. The summed E-state index contributed by atoms with van der Waals surface area (Å²) < 4.78 is 17.1. The third-order valence-corrected chi connectivity index (χ3v) is 5.79. The third-order valence-electron chi connectivity index (χ3n) is 4.78. The van der Waals surface area contributed by atoms with Crippen molar-refractivity contribution in [3.8, 4) is 0 Å². The molecule has 1 unspecified atom stereocenters. The molecule has 33 heavy (non-hydrogen) atoms. The van der Waals surface area contributed by atoms with Crippen LogP contribution in [0, 0.1) is 5.41 Å². The highest BCUT2D eigenvalue weighted by molar-refractivity contribution is 7.99. The van der Waals surface area contributed by atoms with Crippen molar-refractivity contribution in [2.45, 2.75) is 29.2 Å². The molecule has 1 N–H and O–H groups in total. The minimum absolute atomic E-state index is 0.0395. The van der Waals surface area contributed by atoms with Gasteiger partial charge in [-0.15, -0.1) is 0 Å². The number of esters is 2. The van der Waals surface area contributed by atoms with Crippen LogP contribution in [0.15, 0.2) is 84.3 Å². The van der Waals surface area contributed by atoms with Gasteiger partial charge in [-0.05, 0) is 42.1 Å². The van der Waals surface area contributed by atoms with Gasteiger partial charge in [0.15, 0.2) is 16.7 Å². The zero-order valence-electron chi connectivity index (χ0n) is 17.5. The van der Waals surface area contributed by atoms with Gasteiger partial charge in [0.1, 0.15) is 6.61 Å². The number of rotatable bonds is 7. The van der Waals surface area contributed by atoms with E-state index >= 15 is 0 Å². The van der Waals surface area contributed by atoms with Crippen LogP contribution >= 0.6 is 11.8 Å². The fourth-order valence-electron chi connectivity index (χ4n) is 3.18. The van der Waals surface area contributed by atoms with Gasteiger partial charge in [0.05, 0.1) is 22.9 Å². The molecule has 0 amide bonds. The lowest BCUT2D eigenvalue weighted by Gasteiger charge is -2.35. The van der Waals surface area contributed by atoms with Gasteiger partial charge in [0.25, 0.3) is 0 Å². The minimum atomic E-state index is -0.937. The van der Waals surface area contributed by atoms with Crippen molar-refractivity contribution in [2.75, 3.05) is 6.61 Å². The summed E-state index contributed by atoms with van der Waals surface area (Å²) in [6, 6.07) is 18.9. The van der Waals surface area contributed by atoms with Gasteiger partial charge in [-0.3, -0.25) is 0 Å². The first-order valence-corrected chi connectivity index (χ1v) is 11.1. The summed E-state index contributed by atoms with van der Waals surface area (Å²) in [6.07, 6.45) is 1.83. The zero-order valence-corrected chi connectivity index (χ0v) is 18.3. The summed E-state index contributed by atoms with van der Waals surface area (Å²) >= 11 is 1.14. The molecule has 9 heteroatoms. The van der Waals surface area contributed by atoms with E-state index in [0.29, 0.717) is 16.3 Å². The molecule has 2 heterocycles. The summed E-state index contributed by atoms with van der Waals surface area (Å²) in [7, 11) is 0. The molecule has 1 aliphatic rings. The molecule has 0 aliphatic carbocycles. The van der Waals surface area contributed by atoms with Crippen molar-refractivity contribution in [2.24, 2.45) is 0 Å². The Labute approximate surface area is 194 Å². The molecule has 0 saturated carbocycles. The number of nitrogens with zero attached hydrogens (tertiary/aromatic N) is 2. The number of carbonyl (C=O) groups is 2. The molecule has 1 aliphatic heterocycles. The first kappa shape index (κ1) is 22.6. The lowest BCUT2D eigenvalue weighted by molar-refractivity contribution is -0.0602. The predicted molar refractivity (Wildman–Crippen MR) is 121 cm³/mol. The molecule has 1 aromatic heterocycles. The summed E-state index contributed by atoms with van der Waals surface area (Å²) in [4.78, 5) is 33.3. The Kier molecular flexibility index (Phi) is 7.43. The smallest absolute Gasteiger partial charge is 0.338 e. The second kappa shape index (κ2) is 10.8. The van der Waals surface area contributed by atoms with E-state index in [0.717, 1.165) is 11.8 Å². The number of thioether (sulfide) groups is 1. The van der Waals surface area contributed by atoms with E-state index in [1.54, 1.807) is 73.1 Å². The van der Waals surface area contributed by atoms with Crippen molar-refractivity contribution in [1.82, 2.24) is 9.97 Å². The Hall–Kier alpha value is -3.56. The van der Waals surface area contributed by atoms with Gasteiger partial charge >= 0.3 is 11.9 Å². The first-order valence-electron chi connectivity index (χ1n) is 10.2. The quantitative estimate of drug-likeness (QED) is 0.416. The number of carbonyl (C=O) groups excluding carboxylic acids is 2. The van der Waals surface area contributed by atoms with E-state index in [1.807, 2.05) is 6.07 Å². The van der Waals surface area contributed by atoms with Crippen molar-refractivity contribution < 1.29 is 23.8 Å². The van der Waals surface area contributed by atoms with Crippen LogP contribution in [0.4, 0.5) is 0 Å². The number of hydrogen-bond donors (Lipinski definition) is 1. The standard InChI is InChI=1S/C24H21N3O5S/c25-19-14-18(15-30-21(28)16-8-3-1-4-9-16)31-23(33-24-26-12-7-13-27-24)20(19)32-22(29)17-10-5-2-6-11-17/h1-13,18,20,23,25H,14-15H2/t18-,20+,23?/m0/s1. The Morgan fingerprint density at radius 1 is 0.939 bits per heavy atom. The van der Waals surface area contributed by atoms with Crippen LogP contribution in [0.3, 0.4) is 0 Å². The summed E-state index contributed by atoms with van der Waals surface area (Å²) in [6.45, 7) is -0.0395. The summed E-state index contributed by atoms with van der Waals surface area (Å²) in [5.74, 6) is -1.03. The lowest BCUT2D eigenvalue weighted by Crippen LogP contribution is -2.47. The highest BCUT2D eigenvalue weighted by atomic mass is 32.2. The highest BCUT2D eigenvalue weighted by Crippen LogP contribution is 2.32. The van der Waals surface area contributed by atoms with Crippen LogP contribution in [0.1, 0.15) is 27.1 Å². The summed E-state index contributed by atoms with van der Waals surface area (Å²) in [5.41, 5.74) is 0.201. The molecule has 3 atom stereocenters. The number of nitrogens with one attached hydrogen (secondary N) is 1. The first-order chi connectivity index (χ1) is 16.1. The molecule has 1 fully saturated rings. The van der Waals surface area contributed by atoms with E-state index in [4.69, 9.17) is 19.6 Å². The van der Waals surface area contributed by atoms with Crippen molar-refractivity contribution >= 4 is 29.4 Å². The summed E-state index contributed by atoms with van der Waals surface area (Å²) in [5, 5.41) is 8.94. The van der Waals surface area contributed by atoms with E-state index in [2.05, 4.69) is 9.97 Å². The Bertz CT molecular complexity index is 1100. The Morgan fingerprint density at radius 3 is 2.18 bits per heavy atom. The van der Waals surface area contributed by atoms with E-state index < -0.39 is 29.6 Å². The van der Waals surface area contributed by atoms with Crippen LogP contribution in [-0.2, 0) is 14.2 Å². The van der Waals surface area contributed by atoms with Crippen LogP contribution in [-0.4, -0.2) is 51.9 Å².